The van der Waals surface area contributed by atoms with Crippen LogP contribution >= 0.6 is 0 Å². The second-order valence-electron chi connectivity index (χ2n) is 5.14. The summed E-state index contributed by atoms with van der Waals surface area (Å²) in [6, 6.07) is 0.345. The first kappa shape index (κ1) is 15.9. The van der Waals surface area contributed by atoms with Gasteiger partial charge in [-0.2, -0.15) is 0 Å². The Hall–Kier alpha value is -0.120. The molecule has 0 aliphatic heterocycles. The summed E-state index contributed by atoms with van der Waals surface area (Å²) in [6.45, 7) is 9.64. The Labute approximate surface area is 113 Å². The SMILES string of the molecule is CCNC(COCC)C(OCC)C1CCCCC1. The lowest BCUT2D eigenvalue weighted by atomic mass is 9.82. The van der Waals surface area contributed by atoms with E-state index in [9.17, 15) is 0 Å². The number of likely N-dealkylation sites (N-methyl/N-ethyl adjacent to an activating group) is 1. The fraction of sp³-hybridized carbons (Fsp3) is 1.00. The van der Waals surface area contributed by atoms with Crippen LogP contribution in [0.3, 0.4) is 0 Å². The molecule has 1 fully saturated rings. The monoisotopic (exact) mass is 257 g/mol. The Balaban J connectivity index is 2.57. The van der Waals surface area contributed by atoms with Crippen molar-refractivity contribution in [3.63, 3.8) is 0 Å². The van der Waals surface area contributed by atoms with Crippen molar-refractivity contribution in [3.8, 4) is 0 Å². The van der Waals surface area contributed by atoms with Crippen molar-refractivity contribution in [3.05, 3.63) is 0 Å². The highest BCUT2D eigenvalue weighted by Gasteiger charge is 2.30. The summed E-state index contributed by atoms with van der Waals surface area (Å²) in [5, 5.41) is 3.55. The van der Waals surface area contributed by atoms with E-state index in [1.165, 1.54) is 32.1 Å². The second-order valence-corrected chi connectivity index (χ2v) is 5.14. The van der Waals surface area contributed by atoms with Crippen LogP contribution in [0.4, 0.5) is 0 Å². The minimum Gasteiger partial charge on any atom is -0.380 e. The molecule has 3 heteroatoms. The van der Waals surface area contributed by atoms with Gasteiger partial charge < -0.3 is 14.8 Å². The molecule has 0 aromatic heterocycles. The highest BCUT2D eigenvalue weighted by atomic mass is 16.5. The van der Waals surface area contributed by atoms with Crippen molar-refractivity contribution in [2.45, 2.75) is 65.0 Å². The molecule has 0 amide bonds. The molecule has 1 aliphatic rings. The maximum atomic E-state index is 6.05. The van der Waals surface area contributed by atoms with Gasteiger partial charge >= 0.3 is 0 Å². The quantitative estimate of drug-likeness (QED) is 0.689. The highest BCUT2D eigenvalue weighted by molar-refractivity contribution is 4.84. The minimum atomic E-state index is 0.321. The summed E-state index contributed by atoms with van der Waals surface area (Å²) in [5.74, 6) is 0.711. The molecular weight excluding hydrogens is 226 g/mol. The topological polar surface area (TPSA) is 30.5 Å². The van der Waals surface area contributed by atoms with Crippen molar-refractivity contribution in [2.24, 2.45) is 5.92 Å². The molecule has 2 atom stereocenters. The number of rotatable bonds is 9. The molecule has 0 aromatic carbocycles. The van der Waals surface area contributed by atoms with Crippen LogP contribution in [0.25, 0.3) is 0 Å². The van der Waals surface area contributed by atoms with Crippen LogP contribution in [0.15, 0.2) is 0 Å². The molecule has 3 nitrogen and oxygen atoms in total. The van der Waals surface area contributed by atoms with Gasteiger partial charge in [-0.25, -0.2) is 0 Å². The van der Waals surface area contributed by atoms with Crippen LogP contribution in [0.2, 0.25) is 0 Å². The zero-order valence-electron chi connectivity index (χ0n) is 12.4. The molecule has 0 bridgehead atoms. The average molecular weight is 257 g/mol. The van der Waals surface area contributed by atoms with Gasteiger partial charge in [-0.1, -0.05) is 26.2 Å². The number of hydrogen-bond acceptors (Lipinski definition) is 3. The van der Waals surface area contributed by atoms with Gasteiger partial charge in [-0.15, -0.1) is 0 Å². The van der Waals surface area contributed by atoms with Crippen LogP contribution in [0, 0.1) is 5.92 Å². The number of ether oxygens (including phenoxy) is 2. The van der Waals surface area contributed by atoms with Gasteiger partial charge in [0.05, 0.1) is 18.8 Å². The normalized spacial score (nSPS) is 20.8. The molecule has 0 radical (unpaired) electrons. The van der Waals surface area contributed by atoms with Crippen molar-refractivity contribution in [1.29, 1.82) is 0 Å². The number of nitrogens with one attached hydrogen (secondary N) is 1. The molecule has 1 N–H and O–H groups in total. The summed E-state index contributed by atoms with van der Waals surface area (Å²) in [6.07, 6.45) is 7.08. The average Bonchev–Trinajstić information content (AvgIpc) is 2.42. The van der Waals surface area contributed by atoms with Crippen LogP contribution in [-0.4, -0.2) is 38.5 Å². The Bertz CT molecular complexity index is 193. The summed E-state index contributed by atoms with van der Waals surface area (Å²) in [4.78, 5) is 0. The van der Waals surface area contributed by atoms with E-state index in [0.29, 0.717) is 18.1 Å². The van der Waals surface area contributed by atoms with Crippen molar-refractivity contribution < 1.29 is 9.47 Å². The fourth-order valence-electron chi connectivity index (χ4n) is 3.01. The van der Waals surface area contributed by atoms with E-state index >= 15 is 0 Å². The van der Waals surface area contributed by atoms with Gasteiger partial charge in [0.2, 0.25) is 0 Å². The maximum Gasteiger partial charge on any atom is 0.0778 e. The van der Waals surface area contributed by atoms with Crippen LogP contribution in [0.5, 0.6) is 0 Å². The first-order valence-electron chi connectivity index (χ1n) is 7.76. The van der Waals surface area contributed by atoms with Gasteiger partial charge in [0, 0.05) is 13.2 Å². The smallest absolute Gasteiger partial charge is 0.0778 e. The first-order chi connectivity index (χ1) is 8.83. The summed E-state index contributed by atoms with van der Waals surface area (Å²) in [7, 11) is 0. The van der Waals surface area contributed by atoms with Crippen molar-refractivity contribution in [1.82, 2.24) is 5.32 Å². The largest absolute Gasteiger partial charge is 0.380 e. The Morgan fingerprint density at radius 2 is 1.78 bits per heavy atom. The predicted molar refractivity (Wildman–Crippen MR) is 75.9 cm³/mol. The third-order valence-corrected chi connectivity index (χ3v) is 3.84. The minimum absolute atomic E-state index is 0.321. The van der Waals surface area contributed by atoms with E-state index in [0.717, 1.165) is 26.4 Å². The third kappa shape index (κ3) is 5.25. The Morgan fingerprint density at radius 3 is 2.33 bits per heavy atom. The van der Waals surface area contributed by atoms with Gasteiger partial charge in [0.1, 0.15) is 0 Å². The molecule has 0 heterocycles. The van der Waals surface area contributed by atoms with Gasteiger partial charge in [-0.3, -0.25) is 0 Å². The van der Waals surface area contributed by atoms with Gasteiger partial charge in [0.15, 0.2) is 0 Å². The van der Waals surface area contributed by atoms with Crippen molar-refractivity contribution in [2.75, 3.05) is 26.4 Å². The molecule has 0 aromatic rings. The molecule has 1 saturated carbocycles. The molecular formula is C15H31NO2. The lowest BCUT2D eigenvalue weighted by molar-refractivity contribution is -0.0384. The fourth-order valence-corrected chi connectivity index (χ4v) is 3.01. The van der Waals surface area contributed by atoms with E-state index in [1.54, 1.807) is 0 Å². The molecule has 0 spiro atoms. The molecule has 0 saturated heterocycles. The van der Waals surface area contributed by atoms with Crippen LogP contribution < -0.4 is 5.32 Å². The summed E-state index contributed by atoms with van der Waals surface area (Å²) in [5.41, 5.74) is 0. The molecule has 1 aliphatic carbocycles. The number of hydrogen-bond donors (Lipinski definition) is 1. The molecule has 108 valence electrons. The van der Waals surface area contributed by atoms with Gasteiger partial charge in [0.25, 0.3) is 0 Å². The first-order valence-corrected chi connectivity index (χ1v) is 7.76. The predicted octanol–water partition coefficient (Wildman–Crippen LogP) is 2.99. The third-order valence-electron chi connectivity index (χ3n) is 3.84. The zero-order chi connectivity index (χ0) is 13.2. The molecule has 2 unspecified atom stereocenters. The van der Waals surface area contributed by atoms with E-state index in [-0.39, 0.29) is 0 Å². The van der Waals surface area contributed by atoms with Crippen molar-refractivity contribution >= 4 is 0 Å². The lowest BCUT2D eigenvalue weighted by Crippen LogP contribution is -2.48. The van der Waals surface area contributed by atoms with Crippen LogP contribution in [-0.2, 0) is 9.47 Å². The zero-order valence-corrected chi connectivity index (χ0v) is 12.4. The van der Waals surface area contributed by atoms with Crippen LogP contribution in [0.1, 0.15) is 52.9 Å². The lowest BCUT2D eigenvalue weighted by Gasteiger charge is -2.35. The Kier molecular flexibility index (Phi) is 8.64. The maximum absolute atomic E-state index is 6.05. The Morgan fingerprint density at radius 1 is 1.06 bits per heavy atom. The second kappa shape index (κ2) is 9.76. The summed E-state index contributed by atoms with van der Waals surface area (Å²) >= 11 is 0. The van der Waals surface area contributed by atoms with E-state index in [2.05, 4.69) is 26.1 Å². The van der Waals surface area contributed by atoms with E-state index < -0.39 is 0 Å². The van der Waals surface area contributed by atoms with Gasteiger partial charge in [-0.05, 0) is 39.2 Å². The van der Waals surface area contributed by atoms with E-state index in [4.69, 9.17) is 9.47 Å². The van der Waals surface area contributed by atoms with E-state index in [1.807, 2.05) is 0 Å². The molecule has 1 rings (SSSR count). The highest BCUT2D eigenvalue weighted by Crippen LogP contribution is 2.29. The standard InChI is InChI=1S/C15H31NO2/c1-4-16-14(12-17-5-2)15(18-6-3)13-10-8-7-9-11-13/h13-16H,4-12H2,1-3H3. The molecule has 18 heavy (non-hydrogen) atoms. The summed E-state index contributed by atoms with van der Waals surface area (Å²) < 4.78 is 11.7.